The summed E-state index contributed by atoms with van der Waals surface area (Å²) in [5, 5.41) is 12.3. The van der Waals surface area contributed by atoms with Gasteiger partial charge in [0.25, 0.3) is 0 Å². The first-order valence-corrected chi connectivity index (χ1v) is 16.4. The van der Waals surface area contributed by atoms with Gasteiger partial charge in [-0.1, -0.05) is 54.6 Å². The van der Waals surface area contributed by atoms with Crippen LogP contribution >= 0.6 is 0 Å². The van der Waals surface area contributed by atoms with Crippen LogP contribution in [0.1, 0.15) is 22.5 Å². The molecule has 0 saturated carbocycles. The third kappa shape index (κ3) is 7.20. The number of nitrogens with one attached hydrogen (secondary N) is 1. The van der Waals surface area contributed by atoms with Crippen molar-refractivity contribution in [1.29, 1.82) is 0 Å². The van der Waals surface area contributed by atoms with E-state index in [-0.39, 0.29) is 5.82 Å². The van der Waals surface area contributed by atoms with E-state index >= 15 is 0 Å². The van der Waals surface area contributed by atoms with Crippen molar-refractivity contribution in [3.8, 4) is 0 Å². The second kappa shape index (κ2) is 14.2. The van der Waals surface area contributed by atoms with Crippen LogP contribution in [0.3, 0.4) is 0 Å². The molecule has 4 heterocycles. The Hall–Kier alpha value is -5.03. The van der Waals surface area contributed by atoms with E-state index in [0.717, 1.165) is 87.7 Å². The Bertz CT molecular complexity index is 1790. The van der Waals surface area contributed by atoms with E-state index in [0.29, 0.717) is 13.1 Å². The smallest absolute Gasteiger partial charge is 0.203 e. The molecule has 0 unspecified atom stereocenters. The van der Waals surface area contributed by atoms with E-state index < -0.39 is 0 Å². The van der Waals surface area contributed by atoms with Crippen LogP contribution in [0.15, 0.2) is 96.2 Å². The van der Waals surface area contributed by atoms with Gasteiger partial charge in [0.2, 0.25) is 5.65 Å². The van der Waals surface area contributed by atoms with Crippen LogP contribution in [0.2, 0.25) is 0 Å². The van der Waals surface area contributed by atoms with Crippen molar-refractivity contribution in [2.24, 2.45) is 4.99 Å². The van der Waals surface area contributed by atoms with Gasteiger partial charge in [-0.2, -0.15) is 0 Å². The van der Waals surface area contributed by atoms with Crippen LogP contribution in [-0.4, -0.2) is 87.7 Å². The number of benzene rings is 3. The number of hydrogen-bond acceptors (Lipinski definition) is 7. The predicted octanol–water partition coefficient (Wildman–Crippen LogP) is 4.36. The number of halogens is 1. The summed E-state index contributed by atoms with van der Waals surface area (Å²) in [7, 11) is 0. The molecule has 0 bridgehead atoms. The molecule has 47 heavy (non-hydrogen) atoms. The van der Waals surface area contributed by atoms with Crippen molar-refractivity contribution < 1.29 is 4.39 Å². The molecule has 0 atom stereocenters. The summed E-state index contributed by atoms with van der Waals surface area (Å²) >= 11 is 0. The van der Waals surface area contributed by atoms with Gasteiger partial charge in [-0.25, -0.2) is 14.4 Å². The molecule has 5 aromatic rings. The van der Waals surface area contributed by atoms with Crippen LogP contribution in [-0.2, 0) is 19.6 Å². The molecule has 0 aliphatic carbocycles. The van der Waals surface area contributed by atoms with Crippen molar-refractivity contribution in [2.45, 2.75) is 26.6 Å². The lowest BCUT2D eigenvalue weighted by molar-refractivity contribution is 0.249. The van der Waals surface area contributed by atoms with E-state index in [1.165, 1.54) is 28.9 Å². The predicted molar refractivity (Wildman–Crippen MR) is 184 cm³/mol. The highest BCUT2D eigenvalue weighted by Gasteiger charge is 2.24. The lowest BCUT2D eigenvalue weighted by Gasteiger charge is -2.37. The van der Waals surface area contributed by atoms with Crippen LogP contribution in [0.5, 0.6) is 0 Å². The maximum atomic E-state index is 13.6. The Balaban J connectivity index is 1.02. The lowest BCUT2D eigenvalue weighted by atomic mass is 10.1. The largest absolute Gasteiger partial charge is 0.369 e. The summed E-state index contributed by atoms with van der Waals surface area (Å²) in [5.74, 6) is 2.31. The SMILES string of the molecule is Cc1nnc2c(N3CCN(C(=NCc4ccc(F)cc4)NCc4ccccc4CN4CCN(c5ccccc5)CC4)CC3)nccn12. The van der Waals surface area contributed by atoms with E-state index in [1.807, 2.05) is 23.7 Å². The Kier molecular flexibility index (Phi) is 9.23. The molecule has 2 aliphatic heterocycles. The highest BCUT2D eigenvalue weighted by molar-refractivity contribution is 5.80. The van der Waals surface area contributed by atoms with Crippen LogP contribution < -0.4 is 15.1 Å². The Labute approximate surface area is 275 Å². The molecule has 242 valence electrons. The second-order valence-electron chi connectivity index (χ2n) is 12.2. The zero-order valence-corrected chi connectivity index (χ0v) is 26.8. The normalized spacial score (nSPS) is 16.2. The van der Waals surface area contributed by atoms with Gasteiger partial charge in [-0.15, -0.1) is 10.2 Å². The maximum Gasteiger partial charge on any atom is 0.203 e. The van der Waals surface area contributed by atoms with Gasteiger partial charge < -0.3 is 20.0 Å². The Morgan fingerprint density at radius 2 is 1.49 bits per heavy atom. The minimum absolute atomic E-state index is 0.239. The molecular formula is C36H41FN10. The molecule has 0 amide bonds. The summed E-state index contributed by atoms with van der Waals surface area (Å²) in [6.45, 7) is 11.2. The van der Waals surface area contributed by atoms with Crippen molar-refractivity contribution in [1.82, 2.24) is 34.7 Å². The average molecular weight is 633 g/mol. The van der Waals surface area contributed by atoms with Gasteiger partial charge in [-0.05, 0) is 47.9 Å². The first-order chi connectivity index (χ1) is 23.1. The quantitative estimate of drug-likeness (QED) is 0.200. The standard InChI is InChI=1S/C36H41FN10/c1-28-41-42-35-34(38-15-16-47(28)35)45-21-23-46(24-22-45)36(39-25-29-11-13-32(37)14-12-29)40-26-30-7-5-6-8-31(30)27-43-17-19-44(20-18-43)33-9-3-2-4-10-33/h2-16H,17-27H2,1H3,(H,39,40). The number of aliphatic imine (C=N–C) groups is 1. The van der Waals surface area contributed by atoms with Gasteiger partial charge in [0, 0.05) is 83.5 Å². The summed E-state index contributed by atoms with van der Waals surface area (Å²) in [4.78, 5) is 19.3. The summed E-state index contributed by atoms with van der Waals surface area (Å²) < 4.78 is 15.6. The summed E-state index contributed by atoms with van der Waals surface area (Å²) in [5.41, 5.74) is 5.65. The van der Waals surface area contributed by atoms with E-state index in [2.05, 4.69) is 94.7 Å². The number of piperazine rings is 2. The lowest BCUT2D eigenvalue weighted by Crippen LogP contribution is -2.52. The molecule has 2 aromatic heterocycles. The minimum Gasteiger partial charge on any atom is -0.369 e. The first-order valence-electron chi connectivity index (χ1n) is 16.4. The number of hydrogen-bond donors (Lipinski definition) is 1. The fraction of sp³-hybridized carbons (Fsp3) is 0.333. The van der Waals surface area contributed by atoms with Gasteiger partial charge in [0.05, 0.1) is 6.54 Å². The first kappa shape index (κ1) is 30.6. The number of aromatic nitrogens is 4. The molecule has 1 N–H and O–H groups in total. The van der Waals surface area contributed by atoms with E-state index in [4.69, 9.17) is 4.99 Å². The Morgan fingerprint density at radius 3 is 2.26 bits per heavy atom. The molecule has 10 nitrogen and oxygen atoms in total. The number of anilines is 2. The molecule has 11 heteroatoms. The van der Waals surface area contributed by atoms with E-state index in [1.54, 1.807) is 12.1 Å². The second-order valence-corrected chi connectivity index (χ2v) is 12.2. The molecule has 7 rings (SSSR count). The summed E-state index contributed by atoms with van der Waals surface area (Å²) in [6.07, 6.45) is 3.71. The molecular weight excluding hydrogens is 591 g/mol. The number of guanidine groups is 1. The maximum absolute atomic E-state index is 13.6. The molecule has 2 fully saturated rings. The van der Waals surface area contributed by atoms with Gasteiger partial charge in [0.1, 0.15) is 11.6 Å². The number of para-hydroxylation sites is 1. The molecule has 2 aliphatic rings. The van der Waals surface area contributed by atoms with Crippen molar-refractivity contribution in [2.75, 3.05) is 62.2 Å². The van der Waals surface area contributed by atoms with E-state index in [9.17, 15) is 4.39 Å². The minimum atomic E-state index is -0.239. The van der Waals surface area contributed by atoms with Crippen molar-refractivity contribution in [3.63, 3.8) is 0 Å². The van der Waals surface area contributed by atoms with Crippen LogP contribution in [0, 0.1) is 12.7 Å². The highest BCUT2D eigenvalue weighted by atomic mass is 19.1. The third-order valence-corrected chi connectivity index (χ3v) is 9.13. The molecule has 0 spiro atoms. The van der Waals surface area contributed by atoms with Crippen LogP contribution in [0.4, 0.5) is 15.9 Å². The zero-order valence-electron chi connectivity index (χ0n) is 26.8. The third-order valence-electron chi connectivity index (χ3n) is 9.13. The zero-order chi connectivity index (χ0) is 32.0. The number of aryl methyl sites for hydroxylation is 1. The van der Waals surface area contributed by atoms with Gasteiger partial charge >= 0.3 is 0 Å². The fourth-order valence-electron chi connectivity index (χ4n) is 6.41. The number of nitrogens with zero attached hydrogens (tertiary/aromatic N) is 9. The van der Waals surface area contributed by atoms with Gasteiger partial charge in [0.15, 0.2) is 11.8 Å². The highest BCUT2D eigenvalue weighted by Crippen LogP contribution is 2.21. The van der Waals surface area contributed by atoms with Crippen molar-refractivity contribution >= 4 is 23.1 Å². The van der Waals surface area contributed by atoms with Crippen LogP contribution in [0.25, 0.3) is 5.65 Å². The molecule has 0 radical (unpaired) electrons. The Morgan fingerprint density at radius 1 is 0.787 bits per heavy atom. The topological polar surface area (TPSA) is 80.4 Å². The number of fused-ring (bicyclic) bond motifs is 1. The molecule has 2 saturated heterocycles. The average Bonchev–Trinajstić information content (AvgIpc) is 3.51. The summed E-state index contributed by atoms with van der Waals surface area (Å²) in [6, 6.07) is 26.0. The van der Waals surface area contributed by atoms with Crippen molar-refractivity contribution in [3.05, 3.63) is 120 Å². The van der Waals surface area contributed by atoms with Gasteiger partial charge in [-0.3, -0.25) is 9.30 Å². The number of rotatable bonds is 8. The monoisotopic (exact) mass is 632 g/mol. The fourth-order valence-corrected chi connectivity index (χ4v) is 6.41. The molecule has 3 aromatic carbocycles.